The molecule has 186 valence electrons. The van der Waals surface area contributed by atoms with Gasteiger partial charge in [-0.15, -0.1) is 0 Å². The minimum absolute atomic E-state index is 0.0621. The molecule has 0 radical (unpaired) electrons. The highest BCUT2D eigenvalue weighted by Crippen LogP contribution is 2.70. The number of hydrogen-bond donors (Lipinski definition) is 1. The second kappa shape index (κ2) is 7.52. The van der Waals surface area contributed by atoms with Crippen molar-refractivity contribution in [2.24, 2.45) is 16.7 Å². The van der Waals surface area contributed by atoms with Gasteiger partial charge in [-0.1, -0.05) is 13.8 Å². The molecule has 1 saturated heterocycles. The van der Waals surface area contributed by atoms with Crippen molar-refractivity contribution in [1.29, 1.82) is 0 Å². The van der Waals surface area contributed by atoms with Gasteiger partial charge in [0, 0.05) is 37.3 Å². The standard InChI is InChI=1S/C22H31F4N3O3S/c1-14-12-28(7-8-29(14)18-17(23)9-16(11-27-18)22(24,25)26)33(31,32)13-21-6-5-15(19(21,2)3)10-20(21,4)30/h9,11,14-15,30H,5-8,10,12-13H2,1-4H3/t14-,15+,20?,21-/m0/s1. The summed E-state index contributed by atoms with van der Waals surface area (Å²) in [5.41, 5.74) is -3.31. The van der Waals surface area contributed by atoms with Gasteiger partial charge < -0.3 is 10.0 Å². The highest BCUT2D eigenvalue weighted by atomic mass is 32.2. The molecule has 2 aliphatic carbocycles. The van der Waals surface area contributed by atoms with E-state index in [1.807, 2.05) is 13.8 Å². The molecule has 0 spiro atoms. The molecule has 1 aromatic rings. The maximum absolute atomic E-state index is 14.4. The third-order valence-corrected chi connectivity index (χ3v) is 10.7. The number of alkyl halides is 3. The van der Waals surface area contributed by atoms with Crippen molar-refractivity contribution < 1.29 is 31.1 Å². The average Bonchev–Trinajstić information content (AvgIpc) is 2.99. The number of pyridine rings is 1. The molecular formula is C22H31F4N3O3S. The molecule has 6 nitrogen and oxygen atoms in total. The number of aromatic nitrogens is 1. The molecule has 3 aliphatic rings. The summed E-state index contributed by atoms with van der Waals surface area (Å²) in [6, 6.07) is -0.0730. The van der Waals surface area contributed by atoms with Crippen LogP contribution in [-0.2, 0) is 16.2 Å². The van der Waals surface area contributed by atoms with Gasteiger partial charge in [0.2, 0.25) is 10.0 Å². The van der Waals surface area contributed by atoms with E-state index in [-0.39, 0.29) is 42.5 Å². The Kier molecular flexibility index (Phi) is 5.62. The fraction of sp³-hybridized carbons (Fsp3) is 0.773. The minimum Gasteiger partial charge on any atom is -0.390 e. The first kappa shape index (κ1) is 24.7. The highest BCUT2D eigenvalue weighted by Gasteiger charge is 2.70. The van der Waals surface area contributed by atoms with E-state index >= 15 is 0 Å². The number of sulfonamides is 1. The quantitative estimate of drug-likeness (QED) is 0.649. The third kappa shape index (κ3) is 3.74. The van der Waals surface area contributed by atoms with Crippen LogP contribution >= 0.6 is 0 Å². The molecule has 2 bridgehead atoms. The molecular weight excluding hydrogens is 462 g/mol. The number of anilines is 1. The fourth-order valence-corrected chi connectivity index (χ4v) is 9.03. The number of hydrogen-bond acceptors (Lipinski definition) is 5. The Labute approximate surface area is 192 Å². The van der Waals surface area contributed by atoms with Crippen LogP contribution in [0.2, 0.25) is 0 Å². The van der Waals surface area contributed by atoms with E-state index in [2.05, 4.69) is 4.98 Å². The lowest BCUT2D eigenvalue weighted by molar-refractivity contribution is -0.138. The topological polar surface area (TPSA) is 73.7 Å². The van der Waals surface area contributed by atoms with Crippen molar-refractivity contribution in [1.82, 2.24) is 9.29 Å². The van der Waals surface area contributed by atoms with Crippen molar-refractivity contribution >= 4 is 15.8 Å². The maximum Gasteiger partial charge on any atom is 0.417 e. The highest BCUT2D eigenvalue weighted by molar-refractivity contribution is 7.89. The van der Waals surface area contributed by atoms with E-state index in [9.17, 15) is 31.1 Å². The van der Waals surface area contributed by atoms with Crippen LogP contribution in [0.15, 0.2) is 12.3 Å². The number of piperazine rings is 1. The molecule has 1 aromatic heterocycles. The summed E-state index contributed by atoms with van der Waals surface area (Å²) in [6.07, 6.45) is -1.99. The smallest absolute Gasteiger partial charge is 0.390 e. The van der Waals surface area contributed by atoms with Crippen LogP contribution in [0.3, 0.4) is 0 Å². The number of fused-ring (bicyclic) bond motifs is 2. The van der Waals surface area contributed by atoms with Gasteiger partial charge in [0.25, 0.3) is 0 Å². The first-order valence-electron chi connectivity index (χ1n) is 11.2. The summed E-state index contributed by atoms with van der Waals surface area (Å²) < 4.78 is 81.3. The van der Waals surface area contributed by atoms with Crippen LogP contribution in [0, 0.1) is 22.6 Å². The van der Waals surface area contributed by atoms with Crippen LogP contribution in [0.25, 0.3) is 0 Å². The monoisotopic (exact) mass is 493 g/mol. The Hall–Kier alpha value is -1.46. The van der Waals surface area contributed by atoms with E-state index in [4.69, 9.17) is 0 Å². The first-order chi connectivity index (χ1) is 15.0. The summed E-state index contributed by atoms with van der Waals surface area (Å²) >= 11 is 0. The zero-order chi connectivity index (χ0) is 24.6. The van der Waals surface area contributed by atoms with E-state index in [1.165, 1.54) is 9.21 Å². The van der Waals surface area contributed by atoms with Gasteiger partial charge in [-0.05, 0) is 50.5 Å². The SMILES string of the molecule is C[C@H]1CN(S(=O)(=O)C[C@]23CC[C@H](CC2(C)O)C3(C)C)CCN1c1ncc(C(F)(F)F)cc1F. The third-order valence-electron chi connectivity index (χ3n) is 8.68. The van der Waals surface area contributed by atoms with Gasteiger partial charge in [0.1, 0.15) is 0 Å². The molecule has 11 heteroatoms. The lowest BCUT2D eigenvalue weighted by Gasteiger charge is -2.47. The average molecular weight is 494 g/mol. The number of aliphatic hydroxyl groups is 1. The van der Waals surface area contributed by atoms with Crippen LogP contribution in [0.5, 0.6) is 0 Å². The van der Waals surface area contributed by atoms with Gasteiger partial charge in [-0.2, -0.15) is 17.5 Å². The fourth-order valence-electron chi connectivity index (χ4n) is 6.59. The summed E-state index contributed by atoms with van der Waals surface area (Å²) in [5, 5.41) is 11.2. The molecule has 1 aliphatic heterocycles. The van der Waals surface area contributed by atoms with Crippen LogP contribution in [-0.4, -0.2) is 59.8 Å². The van der Waals surface area contributed by atoms with Crippen molar-refractivity contribution in [3.63, 3.8) is 0 Å². The van der Waals surface area contributed by atoms with E-state index in [1.54, 1.807) is 13.8 Å². The Morgan fingerprint density at radius 3 is 2.39 bits per heavy atom. The second-order valence-corrected chi connectivity index (χ2v) is 12.7. The van der Waals surface area contributed by atoms with Crippen LogP contribution in [0.1, 0.15) is 52.5 Å². The van der Waals surface area contributed by atoms with Crippen molar-refractivity contribution in [2.45, 2.75) is 64.8 Å². The van der Waals surface area contributed by atoms with E-state index < -0.39 is 44.6 Å². The number of rotatable bonds is 4. The van der Waals surface area contributed by atoms with Gasteiger partial charge in [-0.25, -0.2) is 17.8 Å². The molecule has 0 aromatic carbocycles. The zero-order valence-corrected chi connectivity index (χ0v) is 20.1. The van der Waals surface area contributed by atoms with Gasteiger partial charge in [-0.3, -0.25) is 0 Å². The Morgan fingerprint density at radius 1 is 1.24 bits per heavy atom. The van der Waals surface area contributed by atoms with E-state index in [0.29, 0.717) is 25.1 Å². The molecule has 2 saturated carbocycles. The lowest BCUT2D eigenvalue weighted by Crippen LogP contribution is -2.58. The van der Waals surface area contributed by atoms with Crippen molar-refractivity contribution in [2.75, 3.05) is 30.3 Å². The molecule has 33 heavy (non-hydrogen) atoms. The molecule has 4 rings (SSSR count). The Bertz CT molecular complexity index is 1040. The normalized spacial score (nSPS) is 34.8. The van der Waals surface area contributed by atoms with E-state index in [0.717, 1.165) is 6.42 Å². The molecule has 1 unspecified atom stereocenters. The number of halogens is 4. The Balaban J connectivity index is 1.52. The van der Waals surface area contributed by atoms with Crippen molar-refractivity contribution in [3.05, 3.63) is 23.6 Å². The lowest BCUT2D eigenvalue weighted by atomic mass is 9.65. The summed E-state index contributed by atoms with van der Waals surface area (Å²) in [7, 11) is -3.74. The second-order valence-electron chi connectivity index (χ2n) is 10.7. The zero-order valence-electron chi connectivity index (χ0n) is 19.3. The molecule has 4 atom stereocenters. The van der Waals surface area contributed by atoms with Gasteiger partial charge >= 0.3 is 6.18 Å². The molecule has 0 amide bonds. The first-order valence-corrected chi connectivity index (χ1v) is 12.8. The summed E-state index contributed by atoms with van der Waals surface area (Å²) in [6.45, 7) is 7.75. The van der Waals surface area contributed by atoms with Crippen molar-refractivity contribution in [3.8, 4) is 0 Å². The molecule has 2 heterocycles. The predicted octanol–water partition coefficient (Wildman–Crippen LogP) is 3.66. The summed E-state index contributed by atoms with van der Waals surface area (Å²) in [4.78, 5) is 5.19. The number of nitrogens with zero attached hydrogens (tertiary/aromatic N) is 3. The van der Waals surface area contributed by atoms with Gasteiger partial charge in [0.05, 0.1) is 16.9 Å². The summed E-state index contributed by atoms with van der Waals surface area (Å²) in [5.74, 6) is -1.19. The molecule has 3 fully saturated rings. The van der Waals surface area contributed by atoms with Crippen LogP contribution in [0.4, 0.5) is 23.4 Å². The largest absolute Gasteiger partial charge is 0.417 e. The van der Waals surface area contributed by atoms with Crippen LogP contribution < -0.4 is 4.90 Å². The predicted molar refractivity (Wildman–Crippen MR) is 116 cm³/mol. The maximum atomic E-state index is 14.4. The molecule has 1 N–H and O–H groups in total. The van der Waals surface area contributed by atoms with Gasteiger partial charge in [0.15, 0.2) is 11.6 Å². The minimum atomic E-state index is -4.70. The Morgan fingerprint density at radius 2 is 1.91 bits per heavy atom.